The fourth-order valence-electron chi connectivity index (χ4n) is 2.47. The Kier molecular flexibility index (Phi) is 5.84. The van der Waals surface area contributed by atoms with Gasteiger partial charge in [0.1, 0.15) is 5.82 Å². The first-order valence-electron chi connectivity index (χ1n) is 8.90. The summed E-state index contributed by atoms with van der Waals surface area (Å²) in [4.78, 5) is 12.3. The number of carbonyl (C=O) groups is 1. The zero-order chi connectivity index (χ0) is 20.3. The first-order valence-corrected chi connectivity index (χ1v) is 9.78. The Labute approximate surface area is 167 Å². The summed E-state index contributed by atoms with van der Waals surface area (Å²) in [6.07, 6.45) is 0. The van der Waals surface area contributed by atoms with Gasteiger partial charge in [-0.2, -0.15) is 0 Å². The molecule has 0 saturated carbocycles. The molecule has 1 amide bonds. The van der Waals surface area contributed by atoms with Gasteiger partial charge in [-0.1, -0.05) is 44.7 Å². The topological polar surface area (TPSA) is 68.0 Å². The quantitative estimate of drug-likeness (QED) is 0.590. The van der Waals surface area contributed by atoms with Gasteiger partial charge >= 0.3 is 0 Å². The number of hydrogen-bond acceptors (Lipinski definition) is 5. The van der Waals surface area contributed by atoms with Gasteiger partial charge in [0.05, 0.1) is 5.25 Å². The summed E-state index contributed by atoms with van der Waals surface area (Å²) < 4.78 is 18.6. The Morgan fingerprint density at radius 2 is 1.71 bits per heavy atom. The summed E-state index contributed by atoms with van der Waals surface area (Å²) in [5, 5.41) is 10.7. The Morgan fingerprint density at radius 1 is 1.07 bits per heavy atom. The monoisotopic (exact) mass is 399 g/mol. The third kappa shape index (κ3) is 4.98. The molecule has 1 aromatic heterocycles. The Hall–Kier alpha value is -2.67. The van der Waals surface area contributed by atoms with Crippen LogP contribution in [-0.2, 0) is 10.2 Å². The number of thioether (sulfide) groups is 1. The standard InChI is InChI=1S/C21H22FN3O2S/c1-13(18(26)23-17-11-9-16(22)10-12-17)28-20-25-24-19(27-20)14-5-7-15(8-6-14)21(2,3)4/h5-13H,1-4H3,(H,23,26)/t13-/m1/s1. The van der Waals surface area contributed by atoms with Gasteiger partial charge < -0.3 is 9.73 Å². The second kappa shape index (κ2) is 8.14. The minimum atomic E-state index is -0.457. The van der Waals surface area contributed by atoms with Gasteiger partial charge in [0, 0.05) is 11.3 Å². The highest BCUT2D eigenvalue weighted by atomic mass is 32.2. The van der Waals surface area contributed by atoms with Crippen molar-refractivity contribution in [3.63, 3.8) is 0 Å². The molecule has 0 fully saturated rings. The van der Waals surface area contributed by atoms with E-state index < -0.39 is 5.25 Å². The normalized spacial score (nSPS) is 12.6. The number of carbonyl (C=O) groups excluding carboxylic acids is 1. The molecule has 0 aliphatic carbocycles. The molecule has 0 aliphatic rings. The molecule has 0 bridgehead atoms. The lowest BCUT2D eigenvalue weighted by molar-refractivity contribution is -0.115. The maximum Gasteiger partial charge on any atom is 0.277 e. The number of amides is 1. The van der Waals surface area contributed by atoms with Crippen LogP contribution in [0.1, 0.15) is 33.3 Å². The largest absolute Gasteiger partial charge is 0.411 e. The Balaban J connectivity index is 1.63. The molecule has 0 unspecified atom stereocenters. The van der Waals surface area contributed by atoms with Gasteiger partial charge in [0.25, 0.3) is 5.22 Å². The van der Waals surface area contributed by atoms with Gasteiger partial charge in [0.15, 0.2) is 0 Å². The molecule has 1 heterocycles. The predicted octanol–water partition coefficient (Wildman–Crippen LogP) is 5.29. The van der Waals surface area contributed by atoms with Crippen LogP contribution in [0.25, 0.3) is 11.5 Å². The van der Waals surface area contributed by atoms with Crippen molar-refractivity contribution in [1.82, 2.24) is 10.2 Å². The van der Waals surface area contributed by atoms with E-state index in [0.29, 0.717) is 16.8 Å². The summed E-state index contributed by atoms with van der Waals surface area (Å²) in [5.41, 5.74) is 2.65. The van der Waals surface area contributed by atoms with E-state index in [1.165, 1.54) is 41.6 Å². The molecule has 1 atom stereocenters. The van der Waals surface area contributed by atoms with Crippen LogP contribution in [0.2, 0.25) is 0 Å². The van der Waals surface area contributed by atoms with E-state index in [1.54, 1.807) is 6.92 Å². The molecule has 1 N–H and O–H groups in total. The van der Waals surface area contributed by atoms with Gasteiger partial charge in [-0.15, -0.1) is 10.2 Å². The van der Waals surface area contributed by atoms with E-state index in [9.17, 15) is 9.18 Å². The van der Waals surface area contributed by atoms with Crippen LogP contribution < -0.4 is 5.32 Å². The second-order valence-corrected chi connectivity index (χ2v) is 8.75. The van der Waals surface area contributed by atoms with E-state index in [-0.39, 0.29) is 17.1 Å². The highest BCUT2D eigenvalue weighted by molar-refractivity contribution is 8.00. The predicted molar refractivity (Wildman–Crippen MR) is 109 cm³/mol. The van der Waals surface area contributed by atoms with Crippen LogP contribution in [0.4, 0.5) is 10.1 Å². The average molecular weight is 399 g/mol. The van der Waals surface area contributed by atoms with E-state index in [1.807, 2.05) is 24.3 Å². The minimum absolute atomic E-state index is 0.0711. The number of anilines is 1. The van der Waals surface area contributed by atoms with Gasteiger partial charge in [-0.3, -0.25) is 4.79 Å². The molecule has 3 rings (SSSR count). The third-order valence-corrected chi connectivity index (χ3v) is 5.10. The SMILES string of the molecule is C[C@@H](Sc1nnc(-c2ccc(C(C)(C)C)cc2)o1)C(=O)Nc1ccc(F)cc1. The lowest BCUT2D eigenvalue weighted by Gasteiger charge is -2.18. The van der Waals surface area contributed by atoms with Crippen molar-refractivity contribution in [2.24, 2.45) is 0 Å². The smallest absolute Gasteiger partial charge is 0.277 e. The summed E-state index contributed by atoms with van der Waals surface area (Å²) in [7, 11) is 0. The van der Waals surface area contributed by atoms with Crippen molar-refractivity contribution in [1.29, 1.82) is 0 Å². The fraction of sp³-hybridized carbons (Fsp3) is 0.286. The van der Waals surface area contributed by atoms with Gasteiger partial charge in [0.2, 0.25) is 11.8 Å². The van der Waals surface area contributed by atoms with Crippen LogP contribution in [0.5, 0.6) is 0 Å². The maximum atomic E-state index is 12.9. The second-order valence-electron chi connectivity index (χ2n) is 7.46. The van der Waals surface area contributed by atoms with Crippen LogP contribution in [-0.4, -0.2) is 21.4 Å². The molecule has 3 aromatic rings. The van der Waals surface area contributed by atoms with Crippen molar-refractivity contribution < 1.29 is 13.6 Å². The zero-order valence-corrected chi connectivity index (χ0v) is 17.0. The van der Waals surface area contributed by atoms with Crippen LogP contribution in [0.3, 0.4) is 0 Å². The fourth-order valence-corrected chi connectivity index (χ4v) is 3.15. The highest BCUT2D eigenvalue weighted by Gasteiger charge is 2.19. The van der Waals surface area contributed by atoms with E-state index in [0.717, 1.165) is 5.56 Å². The number of benzene rings is 2. The number of aromatic nitrogens is 2. The third-order valence-electron chi connectivity index (χ3n) is 4.16. The summed E-state index contributed by atoms with van der Waals surface area (Å²) in [5.74, 6) is -0.172. The number of halogens is 1. The molecule has 7 heteroatoms. The summed E-state index contributed by atoms with van der Waals surface area (Å²) >= 11 is 1.17. The first kappa shape index (κ1) is 20.1. The van der Waals surface area contributed by atoms with E-state index in [4.69, 9.17) is 4.42 Å². The summed E-state index contributed by atoms with van der Waals surface area (Å²) in [6.45, 7) is 8.21. The maximum absolute atomic E-state index is 12.9. The van der Waals surface area contributed by atoms with Crippen molar-refractivity contribution in [2.75, 3.05) is 5.32 Å². The zero-order valence-electron chi connectivity index (χ0n) is 16.2. The molecular formula is C21H22FN3O2S. The van der Waals surface area contributed by atoms with Crippen LogP contribution in [0, 0.1) is 5.82 Å². The van der Waals surface area contributed by atoms with Crippen molar-refractivity contribution in [2.45, 2.75) is 43.6 Å². The molecule has 5 nitrogen and oxygen atoms in total. The molecule has 2 aromatic carbocycles. The minimum Gasteiger partial charge on any atom is -0.411 e. The number of nitrogens with zero attached hydrogens (tertiary/aromatic N) is 2. The molecule has 28 heavy (non-hydrogen) atoms. The molecule has 146 valence electrons. The highest BCUT2D eigenvalue weighted by Crippen LogP contribution is 2.29. The molecule has 0 spiro atoms. The van der Waals surface area contributed by atoms with Crippen LogP contribution in [0.15, 0.2) is 58.2 Å². The lowest BCUT2D eigenvalue weighted by Crippen LogP contribution is -2.22. The Bertz CT molecular complexity index is 947. The van der Waals surface area contributed by atoms with Crippen molar-refractivity contribution in [3.05, 3.63) is 59.9 Å². The van der Waals surface area contributed by atoms with E-state index >= 15 is 0 Å². The average Bonchev–Trinajstić information content (AvgIpc) is 3.11. The van der Waals surface area contributed by atoms with Crippen LogP contribution >= 0.6 is 11.8 Å². The van der Waals surface area contributed by atoms with E-state index in [2.05, 4.69) is 36.3 Å². The Morgan fingerprint density at radius 3 is 2.32 bits per heavy atom. The lowest BCUT2D eigenvalue weighted by atomic mass is 9.87. The van der Waals surface area contributed by atoms with Gasteiger partial charge in [-0.25, -0.2) is 4.39 Å². The number of hydrogen-bond donors (Lipinski definition) is 1. The molecule has 0 saturated heterocycles. The van der Waals surface area contributed by atoms with Crippen molar-refractivity contribution in [3.8, 4) is 11.5 Å². The van der Waals surface area contributed by atoms with Crippen molar-refractivity contribution >= 4 is 23.4 Å². The number of rotatable bonds is 5. The first-order chi connectivity index (χ1) is 13.2. The molecular weight excluding hydrogens is 377 g/mol. The summed E-state index contributed by atoms with van der Waals surface area (Å²) in [6, 6.07) is 13.6. The number of nitrogens with one attached hydrogen (secondary N) is 1. The van der Waals surface area contributed by atoms with Gasteiger partial charge in [-0.05, 0) is 54.3 Å². The molecule has 0 radical (unpaired) electrons. The molecule has 0 aliphatic heterocycles.